The molecule has 0 saturated carbocycles. The summed E-state index contributed by atoms with van der Waals surface area (Å²) >= 11 is 3.18. The van der Waals surface area contributed by atoms with Crippen LogP contribution in [0, 0.1) is 11.7 Å². The molecule has 0 aliphatic heterocycles. The lowest BCUT2D eigenvalue weighted by Gasteiger charge is -2.19. The van der Waals surface area contributed by atoms with Gasteiger partial charge in [0.15, 0.2) is 0 Å². The molecule has 3 heteroatoms. The summed E-state index contributed by atoms with van der Waals surface area (Å²) in [4.78, 5) is 0. The maximum atomic E-state index is 13.8. The lowest BCUT2D eigenvalue weighted by molar-refractivity contribution is 0.407. The van der Waals surface area contributed by atoms with Gasteiger partial charge in [-0.3, -0.25) is 0 Å². The highest BCUT2D eigenvalue weighted by atomic mass is 79.9. The van der Waals surface area contributed by atoms with Crippen LogP contribution in [0.25, 0.3) is 0 Å². The third kappa shape index (κ3) is 3.29. The van der Waals surface area contributed by atoms with Gasteiger partial charge in [0, 0.05) is 11.6 Å². The highest BCUT2D eigenvalue weighted by molar-refractivity contribution is 9.10. The van der Waals surface area contributed by atoms with Gasteiger partial charge in [-0.25, -0.2) is 4.39 Å². The molecule has 90 valence electrons. The molecule has 0 heterocycles. The average molecular weight is 288 g/mol. The first-order valence-corrected chi connectivity index (χ1v) is 6.58. The van der Waals surface area contributed by atoms with Crippen molar-refractivity contribution in [3.63, 3.8) is 0 Å². The predicted molar refractivity (Wildman–Crippen MR) is 69.7 cm³/mol. The van der Waals surface area contributed by atoms with E-state index >= 15 is 0 Å². The SMILES string of the molecule is CCC(CC)CC(N)c1cccc(Br)c1F. The summed E-state index contributed by atoms with van der Waals surface area (Å²) in [5, 5.41) is 0. The van der Waals surface area contributed by atoms with Crippen LogP contribution in [0.2, 0.25) is 0 Å². The van der Waals surface area contributed by atoms with Crippen molar-refractivity contribution in [1.29, 1.82) is 0 Å². The fourth-order valence-corrected chi connectivity index (χ4v) is 2.30. The molecule has 16 heavy (non-hydrogen) atoms. The maximum absolute atomic E-state index is 13.8. The van der Waals surface area contributed by atoms with Gasteiger partial charge in [-0.05, 0) is 34.3 Å². The zero-order valence-electron chi connectivity index (χ0n) is 9.84. The fourth-order valence-electron chi connectivity index (χ4n) is 1.91. The summed E-state index contributed by atoms with van der Waals surface area (Å²) in [7, 11) is 0. The molecule has 0 fully saturated rings. The van der Waals surface area contributed by atoms with E-state index in [0.717, 1.165) is 19.3 Å². The van der Waals surface area contributed by atoms with Crippen molar-refractivity contribution in [2.75, 3.05) is 0 Å². The second-order valence-electron chi connectivity index (χ2n) is 4.17. The van der Waals surface area contributed by atoms with E-state index in [1.165, 1.54) is 0 Å². The van der Waals surface area contributed by atoms with Crippen molar-refractivity contribution in [3.05, 3.63) is 34.1 Å². The zero-order valence-corrected chi connectivity index (χ0v) is 11.4. The Hall–Kier alpha value is -0.410. The molecule has 0 bridgehead atoms. The molecular weight excluding hydrogens is 269 g/mol. The summed E-state index contributed by atoms with van der Waals surface area (Å²) in [6, 6.07) is 5.09. The topological polar surface area (TPSA) is 26.0 Å². The molecule has 2 N–H and O–H groups in total. The molecule has 0 radical (unpaired) electrons. The molecule has 1 nitrogen and oxygen atoms in total. The van der Waals surface area contributed by atoms with Crippen molar-refractivity contribution in [1.82, 2.24) is 0 Å². The number of hydrogen-bond donors (Lipinski definition) is 1. The number of benzene rings is 1. The smallest absolute Gasteiger partial charge is 0.142 e. The van der Waals surface area contributed by atoms with E-state index in [0.29, 0.717) is 16.0 Å². The summed E-state index contributed by atoms with van der Waals surface area (Å²) in [6.45, 7) is 4.30. The van der Waals surface area contributed by atoms with E-state index in [2.05, 4.69) is 29.8 Å². The molecular formula is C13H19BrFN. The van der Waals surface area contributed by atoms with Crippen LogP contribution >= 0.6 is 15.9 Å². The third-order valence-electron chi connectivity index (χ3n) is 3.12. The Bertz CT molecular complexity index is 337. The normalized spacial score (nSPS) is 13.1. The lowest BCUT2D eigenvalue weighted by Crippen LogP contribution is -2.16. The van der Waals surface area contributed by atoms with Gasteiger partial charge in [0.25, 0.3) is 0 Å². The number of halogens is 2. The predicted octanol–water partition coefficient (Wildman–Crippen LogP) is 4.41. The first kappa shape index (κ1) is 13.7. The monoisotopic (exact) mass is 287 g/mol. The maximum Gasteiger partial charge on any atom is 0.142 e. The Morgan fingerprint density at radius 3 is 2.50 bits per heavy atom. The summed E-state index contributed by atoms with van der Waals surface area (Å²) in [6.07, 6.45) is 3.04. The van der Waals surface area contributed by atoms with Crippen LogP contribution in [-0.4, -0.2) is 0 Å². The second kappa shape index (κ2) is 6.36. The van der Waals surface area contributed by atoms with E-state index in [9.17, 15) is 4.39 Å². The minimum atomic E-state index is -0.221. The quantitative estimate of drug-likeness (QED) is 0.853. The molecule has 0 spiro atoms. The molecule has 0 saturated heterocycles. The lowest BCUT2D eigenvalue weighted by atomic mass is 9.91. The van der Waals surface area contributed by atoms with Crippen molar-refractivity contribution in [3.8, 4) is 0 Å². The summed E-state index contributed by atoms with van der Waals surface area (Å²) in [5.41, 5.74) is 6.67. The highest BCUT2D eigenvalue weighted by Crippen LogP contribution is 2.28. The molecule has 0 aliphatic carbocycles. The number of hydrogen-bond acceptors (Lipinski definition) is 1. The van der Waals surface area contributed by atoms with Crippen LogP contribution in [-0.2, 0) is 0 Å². The van der Waals surface area contributed by atoms with Crippen molar-refractivity contribution in [2.24, 2.45) is 11.7 Å². The first-order chi connectivity index (χ1) is 7.60. The summed E-state index contributed by atoms with van der Waals surface area (Å²) < 4.78 is 14.3. The Kier molecular flexibility index (Phi) is 5.42. The fraction of sp³-hybridized carbons (Fsp3) is 0.538. The second-order valence-corrected chi connectivity index (χ2v) is 5.02. The average Bonchev–Trinajstić information content (AvgIpc) is 2.29. The molecule has 1 unspecified atom stereocenters. The minimum Gasteiger partial charge on any atom is -0.324 e. The van der Waals surface area contributed by atoms with Crippen molar-refractivity contribution < 1.29 is 4.39 Å². The highest BCUT2D eigenvalue weighted by Gasteiger charge is 2.16. The molecule has 0 aromatic heterocycles. The molecule has 0 amide bonds. The molecule has 1 aromatic rings. The molecule has 1 aromatic carbocycles. The van der Waals surface area contributed by atoms with Crippen LogP contribution in [0.15, 0.2) is 22.7 Å². The van der Waals surface area contributed by atoms with Crippen LogP contribution in [0.4, 0.5) is 4.39 Å². The first-order valence-electron chi connectivity index (χ1n) is 5.79. The third-order valence-corrected chi connectivity index (χ3v) is 3.74. The molecule has 1 rings (SSSR count). The standard InChI is InChI=1S/C13H19BrFN/c1-3-9(4-2)8-12(16)10-6-5-7-11(14)13(10)15/h5-7,9,12H,3-4,8,16H2,1-2H3. The van der Waals surface area contributed by atoms with Gasteiger partial charge in [0.05, 0.1) is 4.47 Å². The Morgan fingerprint density at radius 2 is 1.94 bits per heavy atom. The Balaban J connectivity index is 2.80. The molecule has 1 atom stereocenters. The van der Waals surface area contributed by atoms with Gasteiger partial charge in [-0.1, -0.05) is 38.8 Å². The van der Waals surface area contributed by atoms with Crippen LogP contribution in [0.3, 0.4) is 0 Å². The molecule has 0 aliphatic rings. The zero-order chi connectivity index (χ0) is 12.1. The van der Waals surface area contributed by atoms with E-state index in [4.69, 9.17) is 5.73 Å². The van der Waals surface area contributed by atoms with Gasteiger partial charge in [0.1, 0.15) is 5.82 Å². The van der Waals surface area contributed by atoms with E-state index in [-0.39, 0.29) is 11.9 Å². The minimum absolute atomic E-state index is 0.206. The van der Waals surface area contributed by atoms with Gasteiger partial charge in [-0.15, -0.1) is 0 Å². The summed E-state index contributed by atoms with van der Waals surface area (Å²) in [5.74, 6) is 0.356. The largest absolute Gasteiger partial charge is 0.324 e. The van der Waals surface area contributed by atoms with Crippen molar-refractivity contribution in [2.45, 2.75) is 39.2 Å². The van der Waals surface area contributed by atoms with Gasteiger partial charge < -0.3 is 5.73 Å². The van der Waals surface area contributed by atoms with Gasteiger partial charge in [-0.2, -0.15) is 0 Å². The van der Waals surface area contributed by atoms with Crippen molar-refractivity contribution >= 4 is 15.9 Å². The van der Waals surface area contributed by atoms with E-state index in [1.807, 2.05) is 6.07 Å². The Morgan fingerprint density at radius 1 is 1.31 bits per heavy atom. The number of rotatable bonds is 5. The Labute approximate surface area is 105 Å². The van der Waals surface area contributed by atoms with Crippen LogP contribution in [0.5, 0.6) is 0 Å². The van der Waals surface area contributed by atoms with Gasteiger partial charge in [0.2, 0.25) is 0 Å². The van der Waals surface area contributed by atoms with Gasteiger partial charge >= 0.3 is 0 Å². The van der Waals surface area contributed by atoms with E-state index in [1.54, 1.807) is 12.1 Å². The number of nitrogens with two attached hydrogens (primary N) is 1. The van der Waals surface area contributed by atoms with E-state index < -0.39 is 0 Å². The van der Waals surface area contributed by atoms with Crippen LogP contribution in [0.1, 0.15) is 44.7 Å². The van der Waals surface area contributed by atoms with Crippen LogP contribution < -0.4 is 5.73 Å².